The van der Waals surface area contributed by atoms with Crippen LogP contribution in [0.15, 0.2) is 138 Å². The van der Waals surface area contributed by atoms with Gasteiger partial charge in [-0.1, -0.05) is 119 Å². The fourth-order valence-electron chi connectivity index (χ4n) is 10.6. The van der Waals surface area contributed by atoms with E-state index in [1.807, 2.05) is 11.3 Å². The molecule has 0 atom stereocenters. The van der Waals surface area contributed by atoms with Crippen LogP contribution in [0.2, 0.25) is 0 Å². The average molecular weight is 754 g/mol. The van der Waals surface area contributed by atoms with Crippen LogP contribution in [0.3, 0.4) is 0 Å². The Hall–Kier alpha value is -5.90. The van der Waals surface area contributed by atoms with Crippen molar-refractivity contribution in [3.05, 3.63) is 172 Å². The van der Waals surface area contributed by atoms with Crippen molar-refractivity contribution in [2.45, 2.75) is 64.2 Å². The lowest BCUT2D eigenvalue weighted by molar-refractivity contribution is 0.653. The van der Waals surface area contributed by atoms with E-state index in [1.54, 1.807) is 0 Å². The summed E-state index contributed by atoms with van der Waals surface area (Å²) in [5.41, 5.74) is 19.9. The molecule has 4 aliphatic carbocycles. The number of allylic oxidation sites excluding steroid dienone is 5. The summed E-state index contributed by atoms with van der Waals surface area (Å²) in [6.07, 6.45) is 16.1. The van der Waals surface area contributed by atoms with Crippen LogP contribution in [0, 0.1) is 0 Å². The fourth-order valence-corrected chi connectivity index (χ4v) is 11.9. The van der Waals surface area contributed by atoms with Gasteiger partial charge in [-0.2, -0.15) is 0 Å². The molecule has 2 aromatic heterocycles. The summed E-state index contributed by atoms with van der Waals surface area (Å²) in [5, 5.41) is 3.78. The molecule has 0 bridgehead atoms. The van der Waals surface area contributed by atoms with Gasteiger partial charge in [-0.3, -0.25) is 0 Å². The maximum Gasteiger partial charge on any atom is 0.143 e. The Kier molecular flexibility index (Phi) is 6.90. The number of hydrogen-bond acceptors (Lipinski definition) is 3. The zero-order chi connectivity index (χ0) is 38.2. The van der Waals surface area contributed by atoms with Crippen molar-refractivity contribution in [2.75, 3.05) is 4.90 Å². The van der Waals surface area contributed by atoms with E-state index < -0.39 is 0 Å². The number of fused-ring (bicyclic) bond motifs is 14. The highest BCUT2D eigenvalue weighted by Crippen LogP contribution is 2.57. The average Bonchev–Trinajstić information content (AvgIpc) is 3.94. The summed E-state index contributed by atoms with van der Waals surface area (Å²) >= 11 is 1.98. The highest BCUT2D eigenvalue weighted by molar-refractivity contribution is 7.20. The van der Waals surface area contributed by atoms with Crippen LogP contribution in [0.25, 0.3) is 65.9 Å². The van der Waals surface area contributed by atoms with Gasteiger partial charge in [0.25, 0.3) is 0 Å². The van der Waals surface area contributed by atoms with Gasteiger partial charge in [-0.05, 0) is 130 Å². The number of hydrogen-bond donors (Lipinski definition) is 0. The predicted molar refractivity (Wildman–Crippen MR) is 243 cm³/mol. The Morgan fingerprint density at radius 2 is 1.30 bits per heavy atom. The molecule has 0 saturated carbocycles. The van der Waals surface area contributed by atoms with Gasteiger partial charge in [0, 0.05) is 59.4 Å². The van der Waals surface area contributed by atoms with Crippen molar-refractivity contribution < 1.29 is 4.42 Å². The minimum absolute atomic E-state index is 0.141. The smallest absolute Gasteiger partial charge is 0.143 e. The van der Waals surface area contributed by atoms with Gasteiger partial charge in [0.1, 0.15) is 11.2 Å². The molecule has 0 saturated heterocycles. The first-order valence-corrected chi connectivity index (χ1v) is 21.4. The van der Waals surface area contributed by atoms with Gasteiger partial charge in [-0.15, -0.1) is 11.3 Å². The Morgan fingerprint density at radius 3 is 2.14 bits per heavy atom. The molecule has 2 nitrogen and oxygen atoms in total. The highest BCUT2D eigenvalue weighted by Gasteiger charge is 2.40. The SMILES string of the molecule is CC1(C)c2ccc(N(c3ccc(C4=CCCC=C4)cc3)c3ccc4c(c3)C(C)(C)c3ccc5c6c(sc5c3-4)C=CCC6)cc2-c2c1ccc1c2oc2ccccc21. The minimum Gasteiger partial charge on any atom is -0.455 e. The first kappa shape index (κ1) is 33.3. The third-order valence-corrected chi connectivity index (χ3v) is 14.8. The van der Waals surface area contributed by atoms with Gasteiger partial charge < -0.3 is 9.32 Å². The number of benzene rings is 6. The van der Waals surface area contributed by atoms with Crippen molar-refractivity contribution in [1.29, 1.82) is 0 Å². The minimum atomic E-state index is -0.157. The molecular weight excluding hydrogens is 711 g/mol. The van der Waals surface area contributed by atoms with Crippen LogP contribution >= 0.6 is 11.3 Å². The van der Waals surface area contributed by atoms with Gasteiger partial charge in [0.2, 0.25) is 0 Å². The Bertz CT molecular complexity index is 3120. The largest absolute Gasteiger partial charge is 0.455 e. The van der Waals surface area contributed by atoms with E-state index in [2.05, 4.69) is 172 Å². The van der Waals surface area contributed by atoms with Crippen molar-refractivity contribution in [3.63, 3.8) is 0 Å². The van der Waals surface area contributed by atoms with Gasteiger partial charge in [0.15, 0.2) is 0 Å². The number of anilines is 3. The normalized spacial score (nSPS) is 16.7. The zero-order valence-electron chi connectivity index (χ0n) is 32.9. The molecule has 57 heavy (non-hydrogen) atoms. The number of thiophene rings is 1. The number of aryl methyl sites for hydroxylation is 1. The monoisotopic (exact) mass is 753 g/mol. The first-order valence-electron chi connectivity index (χ1n) is 20.5. The lowest BCUT2D eigenvalue weighted by Gasteiger charge is -2.29. The first-order chi connectivity index (χ1) is 27.8. The second-order valence-electron chi connectivity index (χ2n) is 17.4. The van der Waals surface area contributed by atoms with Crippen LogP contribution in [-0.4, -0.2) is 0 Å². The van der Waals surface area contributed by atoms with Crippen LogP contribution in [0.1, 0.15) is 85.2 Å². The molecule has 0 radical (unpaired) electrons. The Labute approximate surface area is 338 Å². The van der Waals surface area contributed by atoms with Gasteiger partial charge in [-0.25, -0.2) is 0 Å². The molecule has 0 aliphatic heterocycles. The van der Waals surface area contributed by atoms with Gasteiger partial charge >= 0.3 is 0 Å². The molecule has 0 spiro atoms. The number of rotatable bonds is 4. The van der Waals surface area contributed by atoms with E-state index in [-0.39, 0.29) is 10.8 Å². The van der Waals surface area contributed by atoms with Crippen molar-refractivity contribution in [3.8, 4) is 22.3 Å². The molecular formula is C54H43NOS. The van der Waals surface area contributed by atoms with E-state index in [0.29, 0.717) is 0 Å². The topological polar surface area (TPSA) is 16.4 Å². The fraction of sp³-hybridized carbons (Fsp3) is 0.185. The third-order valence-electron chi connectivity index (χ3n) is 13.6. The molecule has 0 unspecified atom stereocenters. The molecule has 0 fully saturated rings. The highest BCUT2D eigenvalue weighted by atomic mass is 32.1. The van der Waals surface area contributed by atoms with E-state index in [0.717, 1.165) is 48.2 Å². The van der Waals surface area contributed by atoms with E-state index in [9.17, 15) is 0 Å². The Balaban J connectivity index is 1.05. The second-order valence-corrected chi connectivity index (χ2v) is 18.5. The summed E-state index contributed by atoms with van der Waals surface area (Å²) in [7, 11) is 0. The summed E-state index contributed by atoms with van der Waals surface area (Å²) < 4.78 is 8.16. The zero-order valence-corrected chi connectivity index (χ0v) is 33.7. The molecule has 2 heterocycles. The van der Waals surface area contributed by atoms with E-state index in [1.165, 1.54) is 92.6 Å². The summed E-state index contributed by atoms with van der Waals surface area (Å²) in [5.74, 6) is 0. The van der Waals surface area contributed by atoms with Crippen LogP contribution < -0.4 is 4.90 Å². The second kappa shape index (κ2) is 11.8. The van der Waals surface area contributed by atoms with Crippen LogP contribution in [0.4, 0.5) is 17.1 Å². The van der Waals surface area contributed by atoms with Crippen LogP contribution in [-0.2, 0) is 17.3 Å². The summed E-state index contributed by atoms with van der Waals surface area (Å²) in [6.45, 7) is 9.54. The maximum absolute atomic E-state index is 6.72. The van der Waals surface area contributed by atoms with E-state index >= 15 is 0 Å². The lowest BCUT2D eigenvalue weighted by Crippen LogP contribution is -2.17. The third kappa shape index (κ3) is 4.64. The summed E-state index contributed by atoms with van der Waals surface area (Å²) in [6, 6.07) is 41.5. The number of nitrogens with zero attached hydrogens (tertiary/aromatic N) is 1. The van der Waals surface area contributed by atoms with Gasteiger partial charge in [0.05, 0.1) is 0 Å². The summed E-state index contributed by atoms with van der Waals surface area (Å²) in [4.78, 5) is 3.91. The van der Waals surface area contributed by atoms with E-state index in [4.69, 9.17) is 4.42 Å². The molecule has 4 aliphatic rings. The molecule has 3 heteroatoms. The molecule has 0 amide bonds. The number of para-hydroxylation sites is 1. The Morgan fingerprint density at radius 1 is 0.579 bits per heavy atom. The molecule has 6 aromatic carbocycles. The van der Waals surface area contributed by atoms with Crippen molar-refractivity contribution >= 4 is 72.1 Å². The molecule has 0 N–H and O–H groups in total. The molecule has 276 valence electrons. The van der Waals surface area contributed by atoms with Crippen molar-refractivity contribution in [2.24, 2.45) is 0 Å². The number of furan rings is 1. The maximum atomic E-state index is 6.72. The van der Waals surface area contributed by atoms with Crippen molar-refractivity contribution in [1.82, 2.24) is 0 Å². The van der Waals surface area contributed by atoms with Crippen LogP contribution in [0.5, 0.6) is 0 Å². The molecule has 8 aromatic rings. The molecule has 12 rings (SSSR count). The standard InChI is InChI=1S/C54H43NOS/c1-53(2)43-27-23-35(30-42(43)49-44(53)28-25-39-37-14-8-10-16-47(37)56-51(39)49)55(34-20-18-33(19-21-34)32-12-6-5-7-13-32)36-22-24-41-46(31-36)54(3,4)45-29-26-40-38-15-9-11-17-48(38)57-52(40)50(41)45/h6,8,10-14,16-31H,5,7,9,15H2,1-4H3. The lowest BCUT2D eigenvalue weighted by atomic mass is 9.82. The quantitative estimate of drug-likeness (QED) is 0.178. The predicted octanol–water partition coefficient (Wildman–Crippen LogP) is 15.6.